The van der Waals surface area contributed by atoms with Gasteiger partial charge in [-0.05, 0) is 60.7 Å². The van der Waals surface area contributed by atoms with Crippen molar-refractivity contribution in [2.45, 2.75) is 0 Å². The molecule has 0 spiro atoms. The van der Waals surface area contributed by atoms with Crippen molar-refractivity contribution in [1.82, 2.24) is 4.98 Å². The molecular weight excluding hydrogens is 432 g/mol. The van der Waals surface area contributed by atoms with Gasteiger partial charge in [0, 0.05) is 33.5 Å². The summed E-state index contributed by atoms with van der Waals surface area (Å²) in [7, 11) is 3.21. The maximum atomic E-state index is 6.12. The standard InChI is InChI=1S/C23H19BrN2O3/c1-27-22-13-19-20(14-23(22)28-2)25-12-11-21(19)29-18-9-7-17(8-10-18)26-16-5-3-15(24)4-6-16/h3-14,26H,1-2H3. The highest BCUT2D eigenvalue weighted by Gasteiger charge is 2.11. The minimum atomic E-state index is 0.631. The Balaban J connectivity index is 1.57. The summed E-state index contributed by atoms with van der Waals surface area (Å²) in [6.45, 7) is 0. The van der Waals surface area contributed by atoms with Gasteiger partial charge in [-0.25, -0.2) is 0 Å². The molecule has 0 unspecified atom stereocenters. The first-order chi connectivity index (χ1) is 14.2. The van der Waals surface area contributed by atoms with Gasteiger partial charge in [-0.2, -0.15) is 0 Å². The molecule has 4 aromatic rings. The molecular formula is C23H19BrN2O3. The topological polar surface area (TPSA) is 52.6 Å². The van der Waals surface area contributed by atoms with Gasteiger partial charge >= 0.3 is 0 Å². The Morgan fingerprint density at radius 2 is 1.38 bits per heavy atom. The van der Waals surface area contributed by atoms with Crippen LogP contribution >= 0.6 is 15.9 Å². The number of nitrogens with zero attached hydrogens (tertiary/aromatic N) is 1. The van der Waals surface area contributed by atoms with Crippen molar-refractivity contribution in [3.8, 4) is 23.0 Å². The van der Waals surface area contributed by atoms with E-state index in [0.717, 1.165) is 32.5 Å². The second-order valence-corrected chi connectivity index (χ2v) is 7.21. The molecule has 0 saturated carbocycles. The lowest BCUT2D eigenvalue weighted by Crippen LogP contribution is -1.93. The molecule has 0 aliphatic rings. The molecule has 1 N–H and O–H groups in total. The van der Waals surface area contributed by atoms with E-state index in [1.165, 1.54) is 0 Å². The number of nitrogens with one attached hydrogen (secondary N) is 1. The Labute approximate surface area is 177 Å². The van der Waals surface area contributed by atoms with Crippen molar-refractivity contribution in [2.75, 3.05) is 19.5 Å². The van der Waals surface area contributed by atoms with Crippen LogP contribution in [0.1, 0.15) is 0 Å². The van der Waals surface area contributed by atoms with Crippen LogP contribution in [0, 0.1) is 0 Å². The highest BCUT2D eigenvalue weighted by atomic mass is 79.9. The summed E-state index contributed by atoms with van der Waals surface area (Å²) >= 11 is 3.44. The summed E-state index contributed by atoms with van der Waals surface area (Å²) in [5.74, 6) is 2.69. The van der Waals surface area contributed by atoms with Crippen LogP contribution in [0.4, 0.5) is 11.4 Å². The molecule has 0 atom stereocenters. The van der Waals surface area contributed by atoms with Crippen molar-refractivity contribution in [2.24, 2.45) is 0 Å². The van der Waals surface area contributed by atoms with Gasteiger partial charge in [-0.1, -0.05) is 15.9 Å². The number of ether oxygens (including phenoxy) is 3. The fourth-order valence-corrected chi connectivity index (χ4v) is 3.23. The van der Waals surface area contributed by atoms with E-state index in [4.69, 9.17) is 14.2 Å². The van der Waals surface area contributed by atoms with E-state index in [0.29, 0.717) is 17.2 Å². The molecule has 4 rings (SSSR count). The molecule has 29 heavy (non-hydrogen) atoms. The van der Waals surface area contributed by atoms with Crippen molar-refractivity contribution >= 4 is 38.2 Å². The van der Waals surface area contributed by atoms with Crippen LogP contribution < -0.4 is 19.5 Å². The zero-order chi connectivity index (χ0) is 20.2. The highest BCUT2D eigenvalue weighted by Crippen LogP contribution is 2.37. The number of halogens is 1. The Kier molecular flexibility index (Phi) is 5.53. The number of hydrogen-bond acceptors (Lipinski definition) is 5. The minimum absolute atomic E-state index is 0.631. The first kappa shape index (κ1) is 19.1. The summed E-state index contributed by atoms with van der Waals surface area (Å²) < 4.78 is 17.9. The summed E-state index contributed by atoms with van der Waals surface area (Å²) in [5, 5.41) is 4.21. The lowest BCUT2D eigenvalue weighted by atomic mass is 10.2. The second-order valence-electron chi connectivity index (χ2n) is 6.29. The van der Waals surface area contributed by atoms with E-state index >= 15 is 0 Å². The smallest absolute Gasteiger partial charge is 0.162 e. The largest absolute Gasteiger partial charge is 0.493 e. The molecule has 0 amide bonds. The van der Waals surface area contributed by atoms with Crippen molar-refractivity contribution in [1.29, 1.82) is 0 Å². The Morgan fingerprint density at radius 1 is 0.759 bits per heavy atom. The number of methoxy groups -OCH3 is 2. The van der Waals surface area contributed by atoms with Crippen LogP contribution in [0.3, 0.4) is 0 Å². The zero-order valence-corrected chi connectivity index (χ0v) is 17.6. The molecule has 1 heterocycles. The number of rotatable bonds is 6. The zero-order valence-electron chi connectivity index (χ0n) is 16.0. The van der Waals surface area contributed by atoms with Gasteiger partial charge in [0.05, 0.1) is 19.7 Å². The minimum Gasteiger partial charge on any atom is -0.493 e. The molecule has 0 radical (unpaired) electrons. The predicted octanol–water partition coefficient (Wildman–Crippen LogP) is 6.55. The number of benzene rings is 3. The molecule has 0 saturated heterocycles. The van der Waals surface area contributed by atoms with E-state index in [-0.39, 0.29) is 0 Å². The normalized spacial score (nSPS) is 10.6. The molecule has 0 bridgehead atoms. The number of anilines is 2. The van der Waals surface area contributed by atoms with E-state index in [1.807, 2.05) is 66.7 Å². The van der Waals surface area contributed by atoms with E-state index in [2.05, 4.69) is 26.2 Å². The first-order valence-electron chi connectivity index (χ1n) is 8.97. The molecule has 0 fully saturated rings. The van der Waals surface area contributed by atoms with Gasteiger partial charge in [0.25, 0.3) is 0 Å². The van der Waals surface area contributed by atoms with Crippen LogP contribution in [-0.4, -0.2) is 19.2 Å². The third-order valence-electron chi connectivity index (χ3n) is 4.42. The van der Waals surface area contributed by atoms with Crippen LogP contribution in [0.2, 0.25) is 0 Å². The van der Waals surface area contributed by atoms with E-state index in [1.54, 1.807) is 20.4 Å². The number of aromatic nitrogens is 1. The van der Waals surface area contributed by atoms with Gasteiger partial charge in [0.15, 0.2) is 11.5 Å². The summed E-state index contributed by atoms with van der Waals surface area (Å²) in [6, 6.07) is 21.4. The predicted molar refractivity (Wildman–Crippen MR) is 119 cm³/mol. The van der Waals surface area contributed by atoms with Gasteiger partial charge in [0.1, 0.15) is 11.5 Å². The van der Waals surface area contributed by atoms with E-state index < -0.39 is 0 Å². The third kappa shape index (κ3) is 4.27. The van der Waals surface area contributed by atoms with E-state index in [9.17, 15) is 0 Å². The molecule has 1 aromatic heterocycles. The summed E-state index contributed by atoms with van der Waals surface area (Å²) in [5.41, 5.74) is 2.77. The number of hydrogen-bond donors (Lipinski definition) is 1. The quantitative estimate of drug-likeness (QED) is 0.360. The van der Waals surface area contributed by atoms with Crippen LogP contribution in [-0.2, 0) is 0 Å². The maximum Gasteiger partial charge on any atom is 0.162 e. The first-order valence-corrected chi connectivity index (χ1v) is 9.77. The van der Waals surface area contributed by atoms with Crippen molar-refractivity contribution in [3.63, 3.8) is 0 Å². The molecule has 5 nitrogen and oxygen atoms in total. The Morgan fingerprint density at radius 3 is 2.03 bits per heavy atom. The molecule has 0 aliphatic heterocycles. The maximum absolute atomic E-state index is 6.12. The van der Waals surface area contributed by atoms with Gasteiger partial charge < -0.3 is 19.5 Å². The number of pyridine rings is 1. The average molecular weight is 451 g/mol. The monoisotopic (exact) mass is 450 g/mol. The van der Waals surface area contributed by atoms with Gasteiger partial charge in [-0.15, -0.1) is 0 Å². The second kappa shape index (κ2) is 8.41. The fourth-order valence-electron chi connectivity index (χ4n) is 2.97. The third-order valence-corrected chi connectivity index (χ3v) is 4.95. The molecule has 6 heteroatoms. The molecule has 146 valence electrons. The summed E-state index contributed by atoms with van der Waals surface area (Å²) in [6.07, 6.45) is 1.72. The highest BCUT2D eigenvalue weighted by molar-refractivity contribution is 9.10. The average Bonchev–Trinajstić information content (AvgIpc) is 2.76. The number of fused-ring (bicyclic) bond motifs is 1. The molecule has 3 aromatic carbocycles. The Hall–Kier alpha value is -3.25. The van der Waals surface area contributed by atoms with Gasteiger partial charge in [-0.3, -0.25) is 4.98 Å². The van der Waals surface area contributed by atoms with Crippen LogP contribution in [0.15, 0.2) is 77.4 Å². The van der Waals surface area contributed by atoms with Crippen LogP contribution in [0.5, 0.6) is 23.0 Å². The SMILES string of the molecule is COc1cc2nccc(Oc3ccc(Nc4ccc(Br)cc4)cc3)c2cc1OC. The summed E-state index contributed by atoms with van der Waals surface area (Å²) in [4.78, 5) is 4.41. The fraction of sp³-hybridized carbons (Fsp3) is 0.0870. The van der Waals surface area contributed by atoms with Crippen molar-refractivity contribution in [3.05, 3.63) is 77.4 Å². The van der Waals surface area contributed by atoms with Crippen molar-refractivity contribution < 1.29 is 14.2 Å². The lowest BCUT2D eigenvalue weighted by molar-refractivity contribution is 0.355. The lowest BCUT2D eigenvalue weighted by Gasteiger charge is -2.13. The molecule has 0 aliphatic carbocycles. The Bertz CT molecular complexity index is 1130. The van der Waals surface area contributed by atoms with Gasteiger partial charge in [0.2, 0.25) is 0 Å². The van der Waals surface area contributed by atoms with Crippen LogP contribution in [0.25, 0.3) is 10.9 Å².